The zero-order valence-electron chi connectivity index (χ0n) is 18.0. The second kappa shape index (κ2) is 8.48. The Morgan fingerprint density at radius 2 is 1.66 bits per heavy atom. The summed E-state index contributed by atoms with van der Waals surface area (Å²) in [5.74, 6) is -0.244. The van der Waals surface area contributed by atoms with Crippen molar-refractivity contribution in [3.63, 3.8) is 0 Å². The van der Waals surface area contributed by atoms with Crippen molar-refractivity contribution in [3.8, 4) is 10.6 Å². The third-order valence-corrected chi connectivity index (χ3v) is 7.98. The van der Waals surface area contributed by atoms with Crippen LogP contribution in [0, 0.1) is 6.92 Å². The van der Waals surface area contributed by atoms with Crippen LogP contribution in [-0.4, -0.2) is 22.5 Å². The van der Waals surface area contributed by atoms with Gasteiger partial charge in [-0.25, -0.2) is 4.98 Å². The molecule has 1 N–H and O–H groups in total. The van der Waals surface area contributed by atoms with Gasteiger partial charge in [0.15, 0.2) is 5.79 Å². The molecule has 170 valence electrons. The lowest BCUT2D eigenvalue weighted by atomic mass is 9.80. The highest BCUT2D eigenvalue weighted by atomic mass is 32.2. The zero-order chi connectivity index (χ0) is 23.1. The second-order valence-corrected chi connectivity index (χ2v) is 10.8. The van der Waals surface area contributed by atoms with Crippen LogP contribution in [0.3, 0.4) is 0 Å². The summed E-state index contributed by atoms with van der Waals surface area (Å²) in [4.78, 5) is 6.78. The van der Waals surface area contributed by atoms with Crippen LogP contribution in [0.4, 0.5) is 13.2 Å². The molecule has 0 bridgehead atoms. The number of hydrogen-bond donors (Lipinski definition) is 1. The standard InChI is InChI=1S/C24H24F3NO2S2/c1-15-20(32-21(28-15)16-4-6-18(7-5-16)24(25,26)27)12-31-19-10-8-17(9-11-19)22(2,3)13-23(29)14-30-23/h4-11,29H,12-14H2,1-3H3. The average Bonchev–Trinajstić information content (AvgIpc) is 3.32. The van der Waals surface area contributed by atoms with E-state index in [4.69, 9.17) is 4.74 Å². The number of alkyl halides is 3. The lowest BCUT2D eigenvalue weighted by Crippen LogP contribution is -2.26. The maximum absolute atomic E-state index is 12.8. The Morgan fingerprint density at radius 1 is 1.06 bits per heavy atom. The molecule has 4 rings (SSSR count). The molecule has 1 fully saturated rings. The number of thiazole rings is 1. The number of nitrogens with zero attached hydrogens (tertiary/aromatic N) is 1. The Hall–Kier alpha value is -1.87. The van der Waals surface area contributed by atoms with Crippen molar-refractivity contribution in [2.75, 3.05) is 6.61 Å². The minimum absolute atomic E-state index is 0.195. The summed E-state index contributed by atoms with van der Waals surface area (Å²) in [6, 6.07) is 13.5. The normalized spacial score (nSPS) is 18.7. The van der Waals surface area contributed by atoms with Crippen LogP contribution in [0.5, 0.6) is 0 Å². The number of benzene rings is 2. The van der Waals surface area contributed by atoms with Crippen molar-refractivity contribution in [1.29, 1.82) is 0 Å². The maximum atomic E-state index is 12.8. The van der Waals surface area contributed by atoms with Gasteiger partial charge < -0.3 is 9.84 Å². The van der Waals surface area contributed by atoms with Gasteiger partial charge in [-0.3, -0.25) is 0 Å². The quantitative estimate of drug-likeness (QED) is 0.298. The van der Waals surface area contributed by atoms with Crippen LogP contribution < -0.4 is 0 Å². The third-order valence-electron chi connectivity index (χ3n) is 5.55. The van der Waals surface area contributed by atoms with Gasteiger partial charge in [0, 0.05) is 27.5 Å². The number of hydrogen-bond acceptors (Lipinski definition) is 5. The second-order valence-electron chi connectivity index (χ2n) is 8.71. The number of epoxide rings is 1. The predicted molar refractivity (Wildman–Crippen MR) is 122 cm³/mol. The minimum Gasteiger partial charge on any atom is -0.364 e. The van der Waals surface area contributed by atoms with Crippen molar-refractivity contribution in [2.24, 2.45) is 0 Å². The molecule has 1 unspecified atom stereocenters. The predicted octanol–water partition coefficient (Wildman–Crippen LogP) is 6.82. The molecule has 0 amide bonds. The van der Waals surface area contributed by atoms with E-state index in [1.54, 1.807) is 11.8 Å². The van der Waals surface area contributed by atoms with Gasteiger partial charge in [-0.1, -0.05) is 38.1 Å². The average molecular weight is 480 g/mol. The first kappa shape index (κ1) is 23.3. The van der Waals surface area contributed by atoms with Gasteiger partial charge in [-0.05, 0) is 42.2 Å². The highest BCUT2D eigenvalue weighted by molar-refractivity contribution is 7.98. The van der Waals surface area contributed by atoms with Crippen molar-refractivity contribution >= 4 is 23.1 Å². The van der Waals surface area contributed by atoms with Crippen molar-refractivity contribution in [2.45, 2.75) is 55.2 Å². The Kier molecular flexibility index (Phi) is 6.17. The van der Waals surface area contributed by atoms with E-state index in [0.29, 0.717) is 18.6 Å². The monoisotopic (exact) mass is 479 g/mol. The summed E-state index contributed by atoms with van der Waals surface area (Å²) in [5.41, 5.74) is 1.88. The zero-order valence-corrected chi connectivity index (χ0v) is 19.6. The maximum Gasteiger partial charge on any atom is 0.416 e. The van der Waals surface area contributed by atoms with Gasteiger partial charge in [-0.2, -0.15) is 13.2 Å². The number of ether oxygens (including phenoxy) is 1. The topological polar surface area (TPSA) is 45.7 Å². The largest absolute Gasteiger partial charge is 0.416 e. The molecule has 3 nitrogen and oxygen atoms in total. The van der Waals surface area contributed by atoms with Crippen molar-refractivity contribution in [3.05, 3.63) is 70.2 Å². The van der Waals surface area contributed by atoms with Crippen molar-refractivity contribution < 1.29 is 23.0 Å². The summed E-state index contributed by atoms with van der Waals surface area (Å²) >= 11 is 3.21. The molecule has 0 radical (unpaired) electrons. The first-order chi connectivity index (χ1) is 15.0. The van der Waals surface area contributed by atoms with Crippen molar-refractivity contribution in [1.82, 2.24) is 4.98 Å². The molecule has 1 aliphatic heterocycles. The van der Waals surface area contributed by atoms with Gasteiger partial charge in [0.05, 0.1) is 11.3 Å². The van der Waals surface area contributed by atoms with Gasteiger partial charge >= 0.3 is 6.18 Å². The van der Waals surface area contributed by atoms with E-state index >= 15 is 0 Å². The Labute approximate surface area is 193 Å². The molecular weight excluding hydrogens is 455 g/mol. The molecule has 1 aliphatic rings. The third kappa shape index (κ3) is 5.36. The summed E-state index contributed by atoms with van der Waals surface area (Å²) in [7, 11) is 0. The van der Waals surface area contributed by atoms with Crippen LogP contribution in [0.25, 0.3) is 10.6 Å². The molecule has 1 saturated heterocycles. The van der Waals surface area contributed by atoms with E-state index in [0.717, 1.165) is 43.9 Å². The molecule has 32 heavy (non-hydrogen) atoms. The smallest absolute Gasteiger partial charge is 0.364 e. The van der Waals surface area contributed by atoms with Crippen LogP contribution >= 0.6 is 23.1 Å². The highest BCUT2D eigenvalue weighted by Crippen LogP contribution is 2.40. The SMILES string of the molecule is Cc1nc(-c2ccc(C(F)(F)F)cc2)sc1CSc1ccc(C(C)(C)CC2(O)CO2)cc1. The lowest BCUT2D eigenvalue weighted by Gasteiger charge is -2.26. The highest BCUT2D eigenvalue weighted by Gasteiger charge is 2.47. The van der Waals surface area contributed by atoms with Crippen LogP contribution in [-0.2, 0) is 22.1 Å². The summed E-state index contributed by atoms with van der Waals surface area (Å²) in [6.45, 7) is 6.51. The summed E-state index contributed by atoms with van der Waals surface area (Å²) in [5, 5.41) is 10.8. The number of aliphatic hydroxyl groups is 1. The minimum atomic E-state index is -4.34. The van der Waals surface area contributed by atoms with E-state index in [-0.39, 0.29) is 5.41 Å². The van der Waals surface area contributed by atoms with E-state index in [2.05, 4.69) is 43.1 Å². The van der Waals surface area contributed by atoms with Gasteiger partial charge in [0.1, 0.15) is 11.6 Å². The summed E-state index contributed by atoms with van der Waals surface area (Å²) < 4.78 is 43.5. The molecular formula is C24H24F3NO2S2. The first-order valence-electron chi connectivity index (χ1n) is 10.2. The number of thioether (sulfide) groups is 1. The number of halogens is 3. The molecule has 0 saturated carbocycles. The Bertz CT molecular complexity index is 1090. The van der Waals surface area contributed by atoms with Crippen LogP contribution in [0.15, 0.2) is 53.4 Å². The van der Waals surface area contributed by atoms with E-state index in [9.17, 15) is 18.3 Å². The number of aryl methyl sites for hydroxylation is 1. The molecule has 0 aliphatic carbocycles. The van der Waals surface area contributed by atoms with Gasteiger partial charge in [0.2, 0.25) is 0 Å². The van der Waals surface area contributed by atoms with Gasteiger partial charge in [-0.15, -0.1) is 23.1 Å². The fourth-order valence-electron chi connectivity index (χ4n) is 3.62. The van der Waals surface area contributed by atoms with E-state index < -0.39 is 17.5 Å². The van der Waals surface area contributed by atoms with E-state index in [1.807, 2.05) is 6.92 Å². The van der Waals surface area contributed by atoms with Gasteiger partial charge in [0.25, 0.3) is 0 Å². The molecule has 0 spiro atoms. The van der Waals surface area contributed by atoms with E-state index in [1.165, 1.54) is 23.5 Å². The lowest BCUT2D eigenvalue weighted by molar-refractivity contribution is -0.137. The molecule has 2 heterocycles. The fraction of sp³-hybridized carbons (Fsp3) is 0.375. The Morgan fingerprint density at radius 3 is 2.22 bits per heavy atom. The van der Waals surface area contributed by atoms with Crippen LogP contribution in [0.1, 0.15) is 42.0 Å². The number of rotatable bonds is 7. The molecule has 2 aromatic carbocycles. The first-order valence-corrected chi connectivity index (χ1v) is 12.0. The summed E-state index contributed by atoms with van der Waals surface area (Å²) in [6.07, 6.45) is -3.78. The molecule has 3 aromatic rings. The number of aromatic nitrogens is 1. The molecule has 1 aromatic heterocycles. The Balaban J connectivity index is 1.40. The molecule has 8 heteroatoms. The fourth-order valence-corrected chi connectivity index (χ4v) is 5.73. The van der Waals surface area contributed by atoms with Crippen LogP contribution in [0.2, 0.25) is 0 Å². The molecule has 1 atom stereocenters.